The number of carbonyl (C=O) groups excluding carboxylic acids is 1. The Bertz CT molecular complexity index is 612. The third kappa shape index (κ3) is 4.43. The summed E-state index contributed by atoms with van der Waals surface area (Å²) in [5, 5.41) is 2.76. The highest BCUT2D eigenvalue weighted by Crippen LogP contribution is 2.18. The van der Waals surface area contributed by atoms with Gasteiger partial charge in [-0.25, -0.2) is 8.78 Å². The van der Waals surface area contributed by atoms with E-state index < -0.39 is 23.2 Å². The summed E-state index contributed by atoms with van der Waals surface area (Å²) in [5.74, 6) is -1.61. The van der Waals surface area contributed by atoms with Gasteiger partial charge in [-0.2, -0.15) is 0 Å². The van der Waals surface area contributed by atoms with Crippen molar-refractivity contribution in [3.63, 3.8) is 0 Å². The summed E-state index contributed by atoms with van der Waals surface area (Å²) in [7, 11) is 0. The molecule has 0 fully saturated rings. The lowest BCUT2D eigenvalue weighted by Crippen LogP contribution is -2.17. The number of para-hydroxylation sites is 1. The first-order valence-electron chi connectivity index (χ1n) is 6.18. The van der Waals surface area contributed by atoms with Crippen LogP contribution in [0, 0.1) is 11.6 Å². The zero-order valence-electron chi connectivity index (χ0n) is 10.9. The van der Waals surface area contributed by atoms with Crippen LogP contribution in [-0.2, 0) is 4.79 Å². The number of benzene rings is 2. The molecule has 2 aromatic rings. The minimum atomic E-state index is -0.818. The number of ether oxygens (including phenoxy) is 1. The zero-order chi connectivity index (χ0) is 15.2. The monoisotopic (exact) mass is 311 g/mol. The standard InChI is InChI=1S/C15H12ClF2NO2/c16-10-4-6-11(7-5-10)21-9-8-14(20)19-15-12(17)2-1-3-13(15)18/h1-7H,8-9H2,(H,19,20). The minimum Gasteiger partial charge on any atom is -0.493 e. The fourth-order valence-corrected chi connectivity index (χ4v) is 1.74. The first-order valence-corrected chi connectivity index (χ1v) is 6.56. The third-order valence-corrected chi connectivity index (χ3v) is 2.89. The predicted molar refractivity (Wildman–Crippen MR) is 76.6 cm³/mol. The van der Waals surface area contributed by atoms with E-state index in [4.69, 9.17) is 16.3 Å². The summed E-state index contributed by atoms with van der Waals surface area (Å²) < 4.78 is 32.0. The zero-order valence-corrected chi connectivity index (χ0v) is 11.7. The molecular weight excluding hydrogens is 300 g/mol. The normalized spacial score (nSPS) is 10.2. The van der Waals surface area contributed by atoms with E-state index in [9.17, 15) is 13.6 Å². The van der Waals surface area contributed by atoms with Gasteiger partial charge in [-0.15, -0.1) is 0 Å². The second kappa shape index (κ2) is 7.04. The molecule has 3 nitrogen and oxygen atoms in total. The Balaban J connectivity index is 1.84. The summed E-state index contributed by atoms with van der Waals surface area (Å²) in [4.78, 5) is 11.6. The number of hydrogen-bond acceptors (Lipinski definition) is 2. The molecule has 0 aliphatic rings. The number of rotatable bonds is 5. The predicted octanol–water partition coefficient (Wildman–Crippen LogP) is 4.03. The van der Waals surface area contributed by atoms with E-state index >= 15 is 0 Å². The molecule has 0 aromatic heterocycles. The SMILES string of the molecule is O=C(CCOc1ccc(Cl)cc1)Nc1c(F)cccc1F. The Morgan fingerprint density at radius 2 is 1.71 bits per heavy atom. The van der Waals surface area contributed by atoms with Crippen LogP contribution in [0.15, 0.2) is 42.5 Å². The van der Waals surface area contributed by atoms with Crippen molar-refractivity contribution < 1.29 is 18.3 Å². The number of amides is 1. The second-order valence-corrected chi connectivity index (χ2v) is 4.63. The van der Waals surface area contributed by atoms with Crippen molar-refractivity contribution in [3.8, 4) is 5.75 Å². The van der Waals surface area contributed by atoms with Crippen molar-refractivity contribution in [2.24, 2.45) is 0 Å². The Kier molecular flexibility index (Phi) is 5.11. The van der Waals surface area contributed by atoms with Crippen LogP contribution in [0.1, 0.15) is 6.42 Å². The molecular formula is C15H12ClF2NO2. The topological polar surface area (TPSA) is 38.3 Å². The minimum absolute atomic E-state index is 0.0313. The molecule has 1 N–H and O–H groups in total. The lowest BCUT2D eigenvalue weighted by atomic mass is 10.3. The summed E-state index contributed by atoms with van der Waals surface area (Å²) in [6, 6.07) is 10.0. The van der Waals surface area contributed by atoms with Crippen LogP contribution in [-0.4, -0.2) is 12.5 Å². The van der Waals surface area contributed by atoms with Gasteiger partial charge in [-0.1, -0.05) is 17.7 Å². The number of halogens is 3. The molecule has 2 rings (SSSR count). The van der Waals surface area contributed by atoms with Crippen LogP contribution in [0.2, 0.25) is 5.02 Å². The fraction of sp³-hybridized carbons (Fsp3) is 0.133. The quantitative estimate of drug-likeness (QED) is 0.905. The lowest BCUT2D eigenvalue weighted by Gasteiger charge is -2.08. The lowest BCUT2D eigenvalue weighted by molar-refractivity contribution is -0.116. The highest BCUT2D eigenvalue weighted by Gasteiger charge is 2.11. The van der Waals surface area contributed by atoms with Crippen LogP contribution in [0.25, 0.3) is 0 Å². The molecule has 0 saturated heterocycles. The summed E-state index contributed by atoms with van der Waals surface area (Å²) in [5.41, 5.74) is -0.450. The molecule has 0 aliphatic carbocycles. The van der Waals surface area contributed by atoms with Gasteiger partial charge in [-0.3, -0.25) is 4.79 Å². The smallest absolute Gasteiger partial charge is 0.227 e. The van der Waals surface area contributed by atoms with E-state index in [2.05, 4.69) is 5.32 Å². The average Bonchev–Trinajstić information content (AvgIpc) is 2.45. The van der Waals surface area contributed by atoms with Gasteiger partial charge in [0.05, 0.1) is 13.0 Å². The van der Waals surface area contributed by atoms with Crippen molar-refractivity contribution in [2.45, 2.75) is 6.42 Å². The summed E-state index contributed by atoms with van der Waals surface area (Å²) >= 11 is 5.73. The van der Waals surface area contributed by atoms with Gasteiger partial charge < -0.3 is 10.1 Å². The molecule has 0 spiro atoms. The maximum atomic E-state index is 13.3. The molecule has 1 amide bonds. The number of nitrogens with one attached hydrogen (secondary N) is 1. The molecule has 0 atom stereocenters. The molecule has 6 heteroatoms. The largest absolute Gasteiger partial charge is 0.493 e. The van der Waals surface area contributed by atoms with Crippen molar-refractivity contribution in [2.75, 3.05) is 11.9 Å². The van der Waals surface area contributed by atoms with E-state index in [1.807, 2.05) is 0 Å². The van der Waals surface area contributed by atoms with Crippen molar-refractivity contribution >= 4 is 23.2 Å². The Morgan fingerprint density at radius 3 is 2.33 bits per heavy atom. The van der Waals surface area contributed by atoms with Crippen LogP contribution in [0.5, 0.6) is 5.75 Å². The summed E-state index contributed by atoms with van der Waals surface area (Å²) in [6.07, 6.45) is -0.0313. The first kappa shape index (κ1) is 15.3. The van der Waals surface area contributed by atoms with E-state index in [-0.39, 0.29) is 13.0 Å². The van der Waals surface area contributed by atoms with E-state index in [0.29, 0.717) is 10.8 Å². The highest BCUT2D eigenvalue weighted by atomic mass is 35.5. The number of carbonyl (C=O) groups is 1. The summed E-state index contributed by atoms with van der Waals surface area (Å²) in [6.45, 7) is 0.0868. The molecule has 2 aromatic carbocycles. The van der Waals surface area contributed by atoms with Crippen LogP contribution in [0.4, 0.5) is 14.5 Å². The molecule has 0 aliphatic heterocycles. The van der Waals surface area contributed by atoms with E-state index in [1.54, 1.807) is 24.3 Å². The van der Waals surface area contributed by atoms with Gasteiger partial charge in [0.15, 0.2) is 0 Å². The molecule has 0 unspecified atom stereocenters. The van der Waals surface area contributed by atoms with E-state index in [1.165, 1.54) is 6.07 Å². The van der Waals surface area contributed by atoms with Gasteiger partial charge in [0, 0.05) is 5.02 Å². The van der Waals surface area contributed by atoms with Crippen LogP contribution >= 0.6 is 11.6 Å². The molecule has 0 saturated carbocycles. The maximum absolute atomic E-state index is 13.3. The Morgan fingerprint density at radius 1 is 1.10 bits per heavy atom. The van der Waals surface area contributed by atoms with Gasteiger partial charge >= 0.3 is 0 Å². The second-order valence-electron chi connectivity index (χ2n) is 4.20. The van der Waals surface area contributed by atoms with Gasteiger partial charge in [0.25, 0.3) is 0 Å². The highest BCUT2D eigenvalue weighted by molar-refractivity contribution is 6.30. The van der Waals surface area contributed by atoms with Gasteiger partial charge in [0.1, 0.15) is 23.1 Å². The Labute approximate surface area is 125 Å². The molecule has 0 heterocycles. The molecule has 0 bridgehead atoms. The van der Waals surface area contributed by atoms with Crippen molar-refractivity contribution in [3.05, 3.63) is 59.1 Å². The van der Waals surface area contributed by atoms with Crippen molar-refractivity contribution in [1.82, 2.24) is 0 Å². The number of anilines is 1. The van der Waals surface area contributed by atoms with E-state index in [0.717, 1.165) is 12.1 Å². The van der Waals surface area contributed by atoms with Crippen LogP contribution < -0.4 is 10.1 Å². The first-order chi connectivity index (χ1) is 10.1. The third-order valence-electron chi connectivity index (χ3n) is 2.64. The molecule has 0 radical (unpaired) electrons. The fourth-order valence-electron chi connectivity index (χ4n) is 1.61. The maximum Gasteiger partial charge on any atom is 0.227 e. The molecule has 21 heavy (non-hydrogen) atoms. The van der Waals surface area contributed by atoms with Crippen molar-refractivity contribution in [1.29, 1.82) is 0 Å². The van der Waals surface area contributed by atoms with Crippen LogP contribution in [0.3, 0.4) is 0 Å². The Hall–Kier alpha value is -2.14. The van der Waals surface area contributed by atoms with Gasteiger partial charge in [0.2, 0.25) is 5.91 Å². The number of hydrogen-bond donors (Lipinski definition) is 1. The van der Waals surface area contributed by atoms with Gasteiger partial charge in [-0.05, 0) is 36.4 Å². The molecule has 110 valence electrons. The average molecular weight is 312 g/mol.